The number of nitrogens with one attached hydrogen (secondary N) is 2. The van der Waals surface area contributed by atoms with E-state index in [1.54, 1.807) is 12.1 Å². The van der Waals surface area contributed by atoms with Crippen molar-refractivity contribution in [2.75, 3.05) is 17.2 Å². The summed E-state index contributed by atoms with van der Waals surface area (Å²) in [6, 6.07) is 7.74. The second-order valence-electron chi connectivity index (χ2n) is 5.25. The molecule has 0 spiro atoms. The molecule has 7 heteroatoms. The number of benzene rings is 1. The van der Waals surface area contributed by atoms with Gasteiger partial charge in [0.05, 0.1) is 11.1 Å². The summed E-state index contributed by atoms with van der Waals surface area (Å²) in [4.78, 5) is 16.2. The standard InChI is InChI=1S/C17H18F3N3O/c1-2-3-9-21-15-8-7-12(11-22-15)16(24)23-14-6-4-5-13(10-14)17(18,19)20/h4-8,10-11H,2-3,9H2,1H3,(H,21,22)(H,23,24). The van der Waals surface area contributed by atoms with Gasteiger partial charge in [-0.15, -0.1) is 0 Å². The maximum Gasteiger partial charge on any atom is 0.416 e. The molecule has 24 heavy (non-hydrogen) atoms. The van der Waals surface area contributed by atoms with Crippen LogP contribution in [0, 0.1) is 0 Å². The van der Waals surface area contributed by atoms with Crippen molar-refractivity contribution in [2.45, 2.75) is 25.9 Å². The molecule has 0 aliphatic heterocycles. The highest BCUT2D eigenvalue weighted by molar-refractivity contribution is 6.04. The van der Waals surface area contributed by atoms with E-state index < -0.39 is 17.6 Å². The molecule has 0 fully saturated rings. The predicted molar refractivity (Wildman–Crippen MR) is 87.0 cm³/mol. The van der Waals surface area contributed by atoms with Gasteiger partial charge in [0.15, 0.2) is 0 Å². The smallest absolute Gasteiger partial charge is 0.370 e. The molecule has 0 bridgehead atoms. The third-order valence-corrected chi connectivity index (χ3v) is 3.31. The number of anilines is 2. The normalized spacial score (nSPS) is 11.2. The Morgan fingerprint density at radius 2 is 2.00 bits per heavy atom. The summed E-state index contributed by atoms with van der Waals surface area (Å²) in [6.07, 6.45) is -0.991. The average molecular weight is 337 g/mol. The molecule has 128 valence electrons. The monoisotopic (exact) mass is 337 g/mol. The Hall–Kier alpha value is -2.57. The second-order valence-corrected chi connectivity index (χ2v) is 5.25. The van der Waals surface area contributed by atoms with E-state index in [-0.39, 0.29) is 11.3 Å². The number of nitrogens with zero attached hydrogens (tertiary/aromatic N) is 1. The second kappa shape index (κ2) is 7.81. The molecule has 0 aliphatic rings. The molecule has 0 radical (unpaired) electrons. The summed E-state index contributed by atoms with van der Waals surface area (Å²) >= 11 is 0. The molecular weight excluding hydrogens is 319 g/mol. The van der Waals surface area contributed by atoms with Crippen molar-refractivity contribution < 1.29 is 18.0 Å². The molecule has 0 saturated heterocycles. The first-order valence-electron chi connectivity index (χ1n) is 7.58. The van der Waals surface area contributed by atoms with Crippen LogP contribution in [0.5, 0.6) is 0 Å². The van der Waals surface area contributed by atoms with Gasteiger partial charge >= 0.3 is 6.18 Å². The molecular formula is C17H18F3N3O. The number of amides is 1. The number of hydrogen-bond acceptors (Lipinski definition) is 3. The molecule has 2 N–H and O–H groups in total. The average Bonchev–Trinajstić information content (AvgIpc) is 2.55. The molecule has 0 aliphatic carbocycles. The van der Waals surface area contributed by atoms with E-state index in [0.717, 1.165) is 31.5 Å². The van der Waals surface area contributed by atoms with E-state index in [1.165, 1.54) is 18.3 Å². The van der Waals surface area contributed by atoms with Crippen molar-refractivity contribution in [3.63, 3.8) is 0 Å². The fourth-order valence-electron chi connectivity index (χ4n) is 2.00. The molecule has 1 aromatic heterocycles. The summed E-state index contributed by atoms with van der Waals surface area (Å²) < 4.78 is 38.0. The predicted octanol–water partition coefficient (Wildman–Crippen LogP) is 4.56. The number of rotatable bonds is 6. The van der Waals surface area contributed by atoms with Gasteiger partial charge in [0.2, 0.25) is 0 Å². The molecule has 2 rings (SSSR count). The minimum atomic E-state index is -4.45. The first-order chi connectivity index (χ1) is 11.4. The van der Waals surface area contributed by atoms with Crippen LogP contribution in [-0.2, 0) is 6.18 Å². The highest BCUT2D eigenvalue weighted by atomic mass is 19.4. The van der Waals surface area contributed by atoms with E-state index >= 15 is 0 Å². The van der Waals surface area contributed by atoms with Crippen molar-refractivity contribution >= 4 is 17.4 Å². The third-order valence-electron chi connectivity index (χ3n) is 3.31. The number of unbranched alkanes of at least 4 members (excludes halogenated alkanes) is 1. The Morgan fingerprint density at radius 1 is 1.21 bits per heavy atom. The maximum absolute atomic E-state index is 12.7. The van der Waals surface area contributed by atoms with Gasteiger partial charge < -0.3 is 10.6 Å². The Morgan fingerprint density at radius 3 is 2.62 bits per heavy atom. The largest absolute Gasteiger partial charge is 0.416 e. The van der Waals surface area contributed by atoms with Crippen molar-refractivity contribution in [1.82, 2.24) is 4.98 Å². The summed E-state index contributed by atoms with van der Waals surface area (Å²) in [5, 5.41) is 5.56. The minimum Gasteiger partial charge on any atom is -0.370 e. The number of halogens is 3. The molecule has 1 amide bonds. The molecule has 2 aromatic rings. The zero-order valence-electron chi connectivity index (χ0n) is 13.2. The van der Waals surface area contributed by atoms with Crippen LogP contribution in [0.4, 0.5) is 24.7 Å². The number of pyridine rings is 1. The Kier molecular flexibility index (Phi) is 5.78. The van der Waals surface area contributed by atoms with Crippen molar-refractivity contribution in [1.29, 1.82) is 0 Å². The summed E-state index contributed by atoms with van der Waals surface area (Å²) in [5.74, 6) is 0.140. The van der Waals surface area contributed by atoms with Gasteiger partial charge in [-0.2, -0.15) is 13.2 Å². The van der Waals surface area contributed by atoms with E-state index in [2.05, 4.69) is 22.5 Å². The molecule has 0 unspecified atom stereocenters. The van der Waals surface area contributed by atoms with Gasteiger partial charge in [-0.1, -0.05) is 19.4 Å². The Bertz CT molecular complexity index is 684. The Balaban J connectivity index is 2.02. The van der Waals surface area contributed by atoms with Crippen LogP contribution in [0.2, 0.25) is 0 Å². The number of hydrogen-bond donors (Lipinski definition) is 2. The number of alkyl halides is 3. The molecule has 1 heterocycles. The van der Waals surface area contributed by atoms with Gasteiger partial charge in [-0.25, -0.2) is 4.98 Å². The lowest BCUT2D eigenvalue weighted by Gasteiger charge is -2.10. The first kappa shape index (κ1) is 17.8. The van der Waals surface area contributed by atoms with E-state index in [4.69, 9.17) is 0 Å². The molecule has 0 saturated carbocycles. The van der Waals surface area contributed by atoms with Crippen molar-refractivity contribution in [3.05, 3.63) is 53.7 Å². The Labute approximate surface area is 138 Å². The van der Waals surface area contributed by atoms with Crippen molar-refractivity contribution in [2.24, 2.45) is 0 Å². The number of carbonyl (C=O) groups is 1. The SMILES string of the molecule is CCCCNc1ccc(C(=O)Nc2cccc(C(F)(F)F)c2)cn1. The zero-order valence-corrected chi connectivity index (χ0v) is 13.2. The number of carbonyl (C=O) groups excluding carboxylic acids is 1. The van der Waals surface area contributed by atoms with Crippen LogP contribution in [0.25, 0.3) is 0 Å². The third kappa shape index (κ3) is 4.97. The van der Waals surface area contributed by atoms with E-state index in [9.17, 15) is 18.0 Å². The van der Waals surface area contributed by atoms with Crippen LogP contribution in [0.1, 0.15) is 35.7 Å². The summed E-state index contributed by atoms with van der Waals surface area (Å²) in [5.41, 5.74) is -0.456. The van der Waals surface area contributed by atoms with Gasteiger partial charge in [-0.3, -0.25) is 4.79 Å². The van der Waals surface area contributed by atoms with Gasteiger partial charge in [0.25, 0.3) is 5.91 Å². The van der Waals surface area contributed by atoms with Crippen LogP contribution >= 0.6 is 0 Å². The lowest BCUT2D eigenvalue weighted by atomic mass is 10.2. The van der Waals surface area contributed by atoms with Crippen LogP contribution in [0.3, 0.4) is 0 Å². The maximum atomic E-state index is 12.7. The first-order valence-corrected chi connectivity index (χ1v) is 7.58. The quantitative estimate of drug-likeness (QED) is 0.760. The van der Waals surface area contributed by atoms with Crippen molar-refractivity contribution in [3.8, 4) is 0 Å². The molecule has 0 atom stereocenters. The van der Waals surface area contributed by atoms with Gasteiger partial charge in [-0.05, 0) is 36.8 Å². The topological polar surface area (TPSA) is 54.0 Å². The van der Waals surface area contributed by atoms with E-state index in [0.29, 0.717) is 5.82 Å². The lowest BCUT2D eigenvalue weighted by Crippen LogP contribution is -2.13. The minimum absolute atomic E-state index is 0.0833. The zero-order chi connectivity index (χ0) is 17.6. The number of aromatic nitrogens is 1. The summed E-state index contributed by atoms with van der Waals surface area (Å²) in [7, 11) is 0. The van der Waals surface area contributed by atoms with Crippen LogP contribution in [0.15, 0.2) is 42.6 Å². The van der Waals surface area contributed by atoms with Crippen LogP contribution < -0.4 is 10.6 Å². The van der Waals surface area contributed by atoms with Crippen LogP contribution in [-0.4, -0.2) is 17.4 Å². The fraction of sp³-hybridized carbons (Fsp3) is 0.294. The van der Waals surface area contributed by atoms with E-state index in [1.807, 2.05) is 0 Å². The molecule has 4 nitrogen and oxygen atoms in total. The fourth-order valence-corrected chi connectivity index (χ4v) is 2.00. The highest BCUT2D eigenvalue weighted by Gasteiger charge is 2.30. The van der Waals surface area contributed by atoms with Gasteiger partial charge in [0.1, 0.15) is 5.82 Å². The van der Waals surface area contributed by atoms with Gasteiger partial charge in [0, 0.05) is 18.4 Å². The molecule has 1 aromatic carbocycles. The lowest BCUT2D eigenvalue weighted by molar-refractivity contribution is -0.137. The highest BCUT2D eigenvalue weighted by Crippen LogP contribution is 2.30. The summed E-state index contributed by atoms with van der Waals surface area (Å²) in [6.45, 7) is 2.87.